The fraction of sp³-hybridized carbons (Fsp3) is 0.857. The Kier molecular flexibility index (Phi) is 12.4. The van der Waals surface area contributed by atoms with Crippen LogP contribution in [0.25, 0.3) is 0 Å². The van der Waals surface area contributed by atoms with E-state index in [-0.39, 0.29) is 38.0 Å². The molecule has 1 fully saturated rings. The number of aliphatic hydroxyl groups is 1. The summed E-state index contributed by atoms with van der Waals surface area (Å²) in [6, 6.07) is 0.258. The smallest absolute Gasteiger partial charge is 0.290 e. The molecule has 0 spiro atoms. The molecule has 1 unspecified atom stereocenters. The van der Waals surface area contributed by atoms with Crippen molar-refractivity contribution in [2.45, 2.75) is 38.1 Å². The van der Waals surface area contributed by atoms with E-state index in [4.69, 9.17) is 9.90 Å². The van der Waals surface area contributed by atoms with Crippen molar-refractivity contribution in [3.63, 3.8) is 0 Å². The van der Waals surface area contributed by atoms with Gasteiger partial charge in [-0.2, -0.15) is 0 Å². The van der Waals surface area contributed by atoms with Crippen LogP contribution in [0.15, 0.2) is 0 Å². The van der Waals surface area contributed by atoms with Crippen LogP contribution < -0.4 is 10.0 Å². The van der Waals surface area contributed by atoms with Crippen LogP contribution in [0.1, 0.15) is 32.1 Å². The Morgan fingerprint density at radius 2 is 2.00 bits per heavy atom. The SMILES string of the molecule is CS(=O)(=O)NCCC(=O)NCCCN1CCCCC1CO.O=CO. The largest absolute Gasteiger partial charge is 0.483 e. The molecule has 4 N–H and O–H groups in total. The lowest BCUT2D eigenvalue weighted by atomic mass is 10.0. The van der Waals surface area contributed by atoms with Gasteiger partial charge in [-0.05, 0) is 25.8 Å². The van der Waals surface area contributed by atoms with Gasteiger partial charge >= 0.3 is 0 Å². The molecule has 10 heteroatoms. The molecule has 0 bridgehead atoms. The van der Waals surface area contributed by atoms with Crippen molar-refractivity contribution in [1.82, 2.24) is 14.9 Å². The summed E-state index contributed by atoms with van der Waals surface area (Å²) in [6.07, 6.45) is 5.44. The lowest BCUT2D eigenvalue weighted by molar-refractivity contribution is -0.123. The molecular weight excluding hydrogens is 338 g/mol. The molecule has 0 aromatic heterocycles. The minimum absolute atomic E-state index is 0.128. The Bertz CT molecular complexity index is 457. The second-order valence-corrected chi connectivity index (χ2v) is 7.43. The van der Waals surface area contributed by atoms with E-state index in [0.29, 0.717) is 6.54 Å². The van der Waals surface area contributed by atoms with Crippen molar-refractivity contribution in [2.75, 3.05) is 39.0 Å². The lowest BCUT2D eigenvalue weighted by Crippen LogP contribution is -2.43. The molecule has 142 valence electrons. The molecule has 9 nitrogen and oxygen atoms in total. The quantitative estimate of drug-likeness (QED) is 0.302. The Hall–Kier alpha value is -1.23. The number of amides is 1. The number of hydrogen-bond donors (Lipinski definition) is 4. The fourth-order valence-electron chi connectivity index (χ4n) is 2.51. The summed E-state index contributed by atoms with van der Waals surface area (Å²) in [4.78, 5) is 22.1. The highest BCUT2D eigenvalue weighted by atomic mass is 32.2. The van der Waals surface area contributed by atoms with Gasteiger partial charge in [-0.15, -0.1) is 0 Å². The van der Waals surface area contributed by atoms with Gasteiger partial charge in [0.2, 0.25) is 15.9 Å². The zero-order chi connectivity index (χ0) is 18.4. The van der Waals surface area contributed by atoms with Gasteiger partial charge in [-0.25, -0.2) is 13.1 Å². The van der Waals surface area contributed by atoms with Crippen LogP contribution in [0, 0.1) is 0 Å². The molecule has 1 atom stereocenters. The minimum Gasteiger partial charge on any atom is -0.483 e. The van der Waals surface area contributed by atoms with Crippen molar-refractivity contribution in [2.24, 2.45) is 0 Å². The third-order valence-electron chi connectivity index (χ3n) is 3.62. The average Bonchev–Trinajstić information content (AvgIpc) is 2.51. The molecule has 1 rings (SSSR count). The van der Waals surface area contributed by atoms with E-state index in [0.717, 1.165) is 32.2 Å². The van der Waals surface area contributed by atoms with Gasteiger partial charge in [0, 0.05) is 32.1 Å². The molecule has 0 aliphatic carbocycles. The molecule has 1 aliphatic heterocycles. The number of rotatable bonds is 9. The summed E-state index contributed by atoms with van der Waals surface area (Å²) < 4.78 is 24.0. The predicted molar refractivity (Wildman–Crippen MR) is 90.1 cm³/mol. The standard InChI is InChI=1S/C13H27N3O4S.CH2O2/c1-21(19,20)15-8-6-13(18)14-7-4-10-16-9-3-2-5-12(16)11-17;2-1-3/h12,15,17H,2-11H2,1H3,(H,14,18);1H,(H,2,3). The van der Waals surface area contributed by atoms with Crippen molar-refractivity contribution in [1.29, 1.82) is 0 Å². The van der Waals surface area contributed by atoms with Crippen molar-refractivity contribution < 1.29 is 28.2 Å². The maximum Gasteiger partial charge on any atom is 0.290 e. The van der Waals surface area contributed by atoms with E-state index in [9.17, 15) is 18.3 Å². The number of likely N-dealkylation sites (tertiary alicyclic amines) is 1. The van der Waals surface area contributed by atoms with Crippen LogP contribution in [-0.2, 0) is 19.6 Å². The maximum atomic E-state index is 11.5. The summed E-state index contributed by atoms with van der Waals surface area (Å²) in [5, 5.41) is 19.0. The van der Waals surface area contributed by atoms with Gasteiger partial charge in [0.1, 0.15) is 0 Å². The lowest BCUT2D eigenvalue weighted by Gasteiger charge is -2.34. The summed E-state index contributed by atoms with van der Waals surface area (Å²) in [7, 11) is -3.23. The summed E-state index contributed by atoms with van der Waals surface area (Å²) >= 11 is 0. The van der Waals surface area contributed by atoms with E-state index in [1.54, 1.807) is 0 Å². The minimum atomic E-state index is -3.23. The van der Waals surface area contributed by atoms with E-state index < -0.39 is 10.0 Å². The van der Waals surface area contributed by atoms with E-state index in [2.05, 4.69) is 14.9 Å². The first kappa shape index (κ1) is 22.8. The van der Waals surface area contributed by atoms with E-state index in [1.165, 1.54) is 12.8 Å². The zero-order valence-corrected chi connectivity index (χ0v) is 14.9. The second kappa shape index (κ2) is 13.1. The molecule has 1 heterocycles. The van der Waals surface area contributed by atoms with Gasteiger partial charge < -0.3 is 15.5 Å². The van der Waals surface area contributed by atoms with Crippen LogP contribution in [0.5, 0.6) is 0 Å². The van der Waals surface area contributed by atoms with Gasteiger partial charge in [0.05, 0.1) is 12.9 Å². The highest BCUT2D eigenvalue weighted by Crippen LogP contribution is 2.16. The number of piperidine rings is 1. The number of nitrogens with zero attached hydrogens (tertiary/aromatic N) is 1. The highest BCUT2D eigenvalue weighted by Gasteiger charge is 2.20. The molecule has 24 heavy (non-hydrogen) atoms. The summed E-state index contributed by atoms with van der Waals surface area (Å²) in [5.41, 5.74) is 0. The monoisotopic (exact) mass is 367 g/mol. The highest BCUT2D eigenvalue weighted by molar-refractivity contribution is 7.88. The first-order valence-corrected chi connectivity index (χ1v) is 9.87. The predicted octanol–water partition coefficient (Wildman–Crippen LogP) is -1.02. The van der Waals surface area contributed by atoms with Crippen LogP contribution in [0.3, 0.4) is 0 Å². The third kappa shape index (κ3) is 12.2. The number of carboxylic acid groups (broad SMARTS) is 1. The first-order valence-electron chi connectivity index (χ1n) is 7.98. The molecule has 0 saturated carbocycles. The van der Waals surface area contributed by atoms with E-state index >= 15 is 0 Å². The van der Waals surface area contributed by atoms with Gasteiger partial charge in [0.25, 0.3) is 6.47 Å². The zero-order valence-electron chi connectivity index (χ0n) is 14.1. The number of aliphatic hydroxyl groups excluding tert-OH is 1. The van der Waals surface area contributed by atoms with E-state index in [1.807, 2.05) is 0 Å². The fourth-order valence-corrected chi connectivity index (χ4v) is 2.98. The molecule has 0 radical (unpaired) electrons. The number of carbonyl (C=O) groups excluding carboxylic acids is 1. The van der Waals surface area contributed by atoms with Crippen LogP contribution >= 0.6 is 0 Å². The van der Waals surface area contributed by atoms with Crippen LogP contribution in [0.2, 0.25) is 0 Å². The van der Waals surface area contributed by atoms with Crippen LogP contribution in [-0.4, -0.2) is 81.0 Å². The second-order valence-electron chi connectivity index (χ2n) is 5.59. The average molecular weight is 367 g/mol. The van der Waals surface area contributed by atoms with Crippen molar-refractivity contribution in [3.05, 3.63) is 0 Å². The first-order chi connectivity index (χ1) is 11.3. The molecule has 1 saturated heterocycles. The Balaban J connectivity index is 0.00000163. The normalized spacial score (nSPS) is 18.3. The number of carbonyl (C=O) groups is 2. The van der Waals surface area contributed by atoms with Gasteiger partial charge in [0.15, 0.2) is 0 Å². The Morgan fingerprint density at radius 1 is 1.33 bits per heavy atom. The van der Waals surface area contributed by atoms with Gasteiger partial charge in [-0.1, -0.05) is 6.42 Å². The van der Waals surface area contributed by atoms with Gasteiger partial charge in [-0.3, -0.25) is 14.5 Å². The Morgan fingerprint density at radius 3 is 2.58 bits per heavy atom. The van der Waals surface area contributed by atoms with Crippen molar-refractivity contribution >= 4 is 22.4 Å². The molecule has 0 aromatic carbocycles. The Labute approximate surface area is 143 Å². The van der Waals surface area contributed by atoms with Crippen LogP contribution in [0.4, 0.5) is 0 Å². The molecule has 1 amide bonds. The number of hydrogen-bond acceptors (Lipinski definition) is 6. The molecular formula is C14H29N3O6S. The number of sulfonamides is 1. The number of nitrogens with one attached hydrogen (secondary N) is 2. The maximum absolute atomic E-state index is 11.5. The topological polar surface area (TPSA) is 136 Å². The third-order valence-corrected chi connectivity index (χ3v) is 4.35. The molecule has 1 aliphatic rings. The molecule has 0 aromatic rings. The summed E-state index contributed by atoms with van der Waals surface area (Å²) in [6.45, 7) is 2.53. The summed E-state index contributed by atoms with van der Waals surface area (Å²) in [5.74, 6) is -0.150. The van der Waals surface area contributed by atoms with Crippen molar-refractivity contribution in [3.8, 4) is 0 Å².